The number of aryl methyl sites for hydroxylation is 1. The molecule has 0 bridgehead atoms. The van der Waals surface area contributed by atoms with Crippen LogP contribution in [0.3, 0.4) is 0 Å². The summed E-state index contributed by atoms with van der Waals surface area (Å²) in [5, 5.41) is 13.3. The highest BCUT2D eigenvalue weighted by molar-refractivity contribution is 7.09. The summed E-state index contributed by atoms with van der Waals surface area (Å²) in [5.74, 6) is -1.02. The lowest BCUT2D eigenvalue weighted by atomic mass is 10.2. The van der Waals surface area contributed by atoms with Gasteiger partial charge in [-0.15, -0.1) is 11.3 Å². The molecular weight excluding hydrogens is 254 g/mol. The predicted octanol–water partition coefficient (Wildman–Crippen LogP) is 1.29. The minimum Gasteiger partial charge on any atom is -0.481 e. The van der Waals surface area contributed by atoms with Crippen LogP contribution in [0.25, 0.3) is 0 Å². The number of nitrogens with one attached hydrogen (secondary N) is 1. The van der Waals surface area contributed by atoms with Gasteiger partial charge in [-0.3, -0.25) is 9.59 Å². The minimum atomic E-state index is -0.935. The average molecular weight is 271 g/mol. The summed E-state index contributed by atoms with van der Waals surface area (Å²) in [5.41, 5.74) is 0. The number of ether oxygens (including phenoxy) is 1. The lowest BCUT2D eigenvalue weighted by molar-refractivity contribution is -0.140. The van der Waals surface area contributed by atoms with Gasteiger partial charge in [-0.2, -0.15) is 0 Å². The molecule has 0 fully saturated rings. The molecule has 1 heterocycles. The number of aliphatic carboxylic acids is 1. The van der Waals surface area contributed by atoms with Gasteiger partial charge in [0.1, 0.15) is 0 Å². The lowest BCUT2D eigenvalue weighted by Gasteiger charge is -2.13. The van der Waals surface area contributed by atoms with E-state index in [1.54, 1.807) is 11.3 Å². The zero-order chi connectivity index (χ0) is 13.4. The van der Waals surface area contributed by atoms with E-state index in [-0.39, 0.29) is 18.9 Å². The maximum Gasteiger partial charge on any atom is 0.306 e. The third-order valence-electron chi connectivity index (χ3n) is 2.44. The van der Waals surface area contributed by atoms with Gasteiger partial charge in [-0.1, -0.05) is 6.07 Å². The normalized spacial score (nSPS) is 12.1. The summed E-state index contributed by atoms with van der Waals surface area (Å²) in [4.78, 5) is 23.2. The van der Waals surface area contributed by atoms with E-state index in [0.717, 1.165) is 0 Å². The first-order valence-corrected chi connectivity index (χ1v) is 6.53. The fourth-order valence-electron chi connectivity index (χ4n) is 1.44. The number of methoxy groups -OCH3 is 1. The molecule has 1 amide bonds. The van der Waals surface area contributed by atoms with Crippen LogP contribution in [-0.2, 0) is 20.7 Å². The van der Waals surface area contributed by atoms with Gasteiger partial charge in [0.15, 0.2) is 0 Å². The van der Waals surface area contributed by atoms with Crippen molar-refractivity contribution in [2.45, 2.75) is 25.4 Å². The van der Waals surface area contributed by atoms with E-state index >= 15 is 0 Å². The van der Waals surface area contributed by atoms with Crippen molar-refractivity contribution in [1.82, 2.24) is 5.32 Å². The number of rotatable bonds is 8. The molecule has 0 aliphatic rings. The molecule has 1 atom stereocenters. The highest BCUT2D eigenvalue weighted by atomic mass is 32.1. The first kappa shape index (κ1) is 14.7. The molecule has 0 aromatic carbocycles. The number of carboxylic acids is 1. The van der Waals surface area contributed by atoms with Crippen LogP contribution in [0.2, 0.25) is 0 Å². The van der Waals surface area contributed by atoms with Gasteiger partial charge in [0.05, 0.1) is 12.5 Å². The molecule has 1 aromatic heterocycles. The van der Waals surface area contributed by atoms with Crippen molar-refractivity contribution >= 4 is 23.2 Å². The van der Waals surface area contributed by atoms with E-state index in [1.807, 2.05) is 17.5 Å². The highest BCUT2D eigenvalue weighted by Crippen LogP contribution is 2.10. The van der Waals surface area contributed by atoms with Crippen LogP contribution in [0.15, 0.2) is 17.5 Å². The number of amides is 1. The summed E-state index contributed by atoms with van der Waals surface area (Å²) in [7, 11) is 1.44. The quantitative estimate of drug-likeness (QED) is 0.747. The van der Waals surface area contributed by atoms with Crippen molar-refractivity contribution in [2.75, 3.05) is 13.7 Å². The standard InChI is InChI=1S/C12H17NO4S/c1-17-9(7-12(15)16)8-13-11(14)5-4-10-3-2-6-18-10/h2-3,6,9H,4-5,7-8H2,1H3,(H,13,14)(H,15,16). The number of thiophene rings is 1. The largest absolute Gasteiger partial charge is 0.481 e. The molecule has 0 saturated carbocycles. The Morgan fingerprint density at radius 2 is 2.33 bits per heavy atom. The number of carbonyl (C=O) groups is 2. The Hall–Kier alpha value is -1.40. The molecule has 18 heavy (non-hydrogen) atoms. The van der Waals surface area contributed by atoms with Gasteiger partial charge in [0.25, 0.3) is 0 Å². The second kappa shape index (κ2) is 7.84. The first-order valence-electron chi connectivity index (χ1n) is 5.65. The molecule has 6 heteroatoms. The fraction of sp³-hybridized carbons (Fsp3) is 0.500. The van der Waals surface area contributed by atoms with E-state index in [2.05, 4.69) is 5.32 Å². The average Bonchev–Trinajstić information content (AvgIpc) is 2.84. The summed E-state index contributed by atoms with van der Waals surface area (Å²) in [6.45, 7) is 0.228. The Bertz CT molecular complexity index is 377. The molecule has 100 valence electrons. The van der Waals surface area contributed by atoms with E-state index in [0.29, 0.717) is 12.8 Å². The van der Waals surface area contributed by atoms with E-state index < -0.39 is 12.1 Å². The zero-order valence-corrected chi connectivity index (χ0v) is 11.0. The number of carboxylic acid groups (broad SMARTS) is 1. The summed E-state index contributed by atoms with van der Waals surface area (Å²) >= 11 is 1.62. The Labute approximate surface area is 110 Å². The van der Waals surface area contributed by atoms with Crippen molar-refractivity contribution in [3.63, 3.8) is 0 Å². The molecule has 1 aromatic rings. The van der Waals surface area contributed by atoms with Gasteiger partial charge in [0, 0.05) is 25.0 Å². The Morgan fingerprint density at radius 3 is 2.89 bits per heavy atom. The maximum atomic E-state index is 11.5. The summed E-state index contributed by atoms with van der Waals surface area (Å²) in [6.07, 6.45) is 0.527. The highest BCUT2D eigenvalue weighted by Gasteiger charge is 2.13. The smallest absolute Gasteiger partial charge is 0.306 e. The van der Waals surface area contributed by atoms with Gasteiger partial charge < -0.3 is 15.2 Å². The van der Waals surface area contributed by atoms with Gasteiger partial charge in [-0.25, -0.2) is 0 Å². The van der Waals surface area contributed by atoms with Gasteiger partial charge in [0.2, 0.25) is 5.91 Å². The van der Waals surface area contributed by atoms with E-state index in [1.165, 1.54) is 12.0 Å². The molecule has 0 aliphatic carbocycles. The predicted molar refractivity (Wildman–Crippen MR) is 68.7 cm³/mol. The summed E-state index contributed by atoms with van der Waals surface area (Å²) < 4.78 is 4.97. The van der Waals surface area contributed by atoms with Gasteiger partial charge in [-0.05, 0) is 17.9 Å². The van der Waals surface area contributed by atoms with Crippen LogP contribution in [0.4, 0.5) is 0 Å². The first-order chi connectivity index (χ1) is 8.61. The summed E-state index contributed by atoms with van der Waals surface area (Å²) in [6, 6.07) is 3.94. The fourth-order valence-corrected chi connectivity index (χ4v) is 2.15. The topological polar surface area (TPSA) is 75.6 Å². The van der Waals surface area contributed by atoms with Crippen molar-refractivity contribution in [3.8, 4) is 0 Å². The Morgan fingerprint density at radius 1 is 1.56 bits per heavy atom. The molecule has 0 spiro atoms. The number of hydrogen-bond acceptors (Lipinski definition) is 4. The Kier molecular flexibility index (Phi) is 6.38. The molecule has 1 unspecified atom stereocenters. The number of hydrogen-bond donors (Lipinski definition) is 2. The van der Waals surface area contributed by atoms with Crippen molar-refractivity contribution < 1.29 is 19.4 Å². The molecule has 0 aliphatic heterocycles. The van der Waals surface area contributed by atoms with Crippen LogP contribution in [-0.4, -0.2) is 36.7 Å². The van der Waals surface area contributed by atoms with Crippen LogP contribution >= 0.6 is 11.3 Å². The van der Waals surface area contributed by atoms with Crippen LogP contribution in [0.1, 0.15) is 17.7 Å². The molecule has 0 saturated heterocycles. The Balaban J connectivity index is 2.21. The molecule has 2 N–H and O–H groups in total. The second-order valence-corrected chi connectivity index (χ2v) is 4.87. The second-order valence-electron chi connectivity index (χ2n) is 3.84. The molecule has 0 radical (unpaired) electrons. The van der Waals surface area contributed by atoms with Crippen LogP contribution < -0.4 is 5.32 Å². The van der Waals surface area contributed by atoms with Crippen molar-refractivity contribution in [3.05, 3.63) is 22.4 Å². The van der Waals surface area contributed by atoms with Crippen molar-refractivity contribution in [1.29, 1.82) is 0 Å². The molecular formula is C12H17NO4S. The monoisotopic (exact) mass is 271 g/mol. The molecule has 1 rings (SSSR count). The molecule has 5 nitrogen and oxygen atoms in total. The third kappa shape index (κ3) is 5.79. The van der Waals surface area contributed by atoms with E-state index in [9.17, 15) is 9.59 Å². The maximum absolute atomic E-state index is 11.5. The third-order valence-corrected chi connectivity index (χ3v) is 3.38. The van der Waals surface area contributed by atoms with Crippen molar-refractivity contribution in [2.24, 2.45) is 0 Å². The number of carbonyl (C=O) groups excluding carboxylic acids is 1. The van der Waals surface area contributed by atoms with Crippen LogP contribution in [0, 0.1) is 0 Å². The SMILES string of the molecule is COC(CNC(=O)CCc1cccs1)CC(=O)O. The lowest BCUT2D eigenvalue weighted by Crippen LogP contribution is -2.34. The van der Waals surface area contributed by atoms with Gasteiger partial charge >= 0.3 is 5.97 Å². The van der Waals surface area contributed by atoms with Crippen LogP contribution in [0.5, 0.6) is 0 Å². The minimum absolute atomic E-state index is 0.0872. The zero-order valence-electron chi connectivity index (χ0n) is 10.2. The van der Waals surface area contributed by atoms with E-state index in [4.69, 9.17) is 9.84 Å².